The average molecular weight is 475 g/mol. The van der Waals surface area contributed by atoms with Crippen LogP contribution in [0.3, 0.4) is 0 Å². The standard InChI is InChI=1S/C26H27FN6O2/c1-15-11-22(30-26(29-15)32-12-16-7-8-17(13-32)31(16)2)33-14-19-18(25(33)34)9-10-28-24(19)23-20(27)5-4-6-21(23)35-3/h4-6,9-11,16-17H,7-8,12-14H2,1-3H3. The normalized spacial score (nSPS) is 21.5. The largest absolute Gasteiger partial charge is 0.496 e. The van der Waals surface area contributed by atoms with Crippen molar-refractivity contribution in [3.05, 3.63) is 59.2 Å². The Morgan fingerprint density at radius 3 is 2.63 bits per heavy atom. The molecule has 3 aromatic rings. The Morgan fingerprint density at radius 2 is 1.89 bits per heavy atom. The predicted octanol–water partition coefficient (Wildman–Crippen LogP) is 3.44. The van der Waals surface area contributed by atoms with Crippen molar-refractivity contribution in [3.8, 4) is 17.0 Å². The lowest BCUT2D eigenvalue weighted by Gasteiger charge is -2.39. The molecule has 9 heteroatoms. The van der Waals surface area contributed by atoms with Gasteiger partial charge >= 0.3 is 0 Å². The molecule has 180 valence electrons. The van der Waals surface area contributed by atoms with Crippen LogP contribution < -0.4 is 14.5 Å². The van der Waals surface area contributed by atoms with Crippen LogP contribution in [0.4, 0.5) is 16.2 Å². The third kappa shape index (κ3) is 3.53. The van der Waals surface area contributed by atoms with Crippen LogP contribution in [-0.2, 0) is 6.54 Å². The Kier molecular flexibility index (Phi) is 5.17. The lowest BCUT2D eigenvalue weighted by Crippen LogP contribution is -2.52. The number of hydrogen-bond donors (Lipinski definition) is 0. The molecule has 35 heavy (non-hydrogen) atoms. The molecule has 5 heterocycles. The maximum Gasteiger partial charge on any atom is 0.260 e. The molecule has 1 aromatic carbocycles. The highest BCUT2D eigenvalue weighted by atomic mass is 19.1. The van der Waals surface area contributed by atoms with Gasteiger partial charge in [0.25, 0.3) is 5.91 Å². The van der Waals surface area contributed by atoms with Crippen LogP contribution in [-0.4, -0.2) is 65.1 Å². The number of benzene rings is 1. The van der Waals surface area contributed by atoms with Gasteiger partial charge in [-0.05, 0) is 45.0 Å². The van der Waals surface area contributed by atoms with Gasteiger partial charge in [-0.1, -0.05) is 6.07 Å². The molecule has 2 unspecified atom stereocenters. The quantitative estimate of drug-likeness (QED) is 0.574. The number of fused-ring (bicyclic) bond motifs is 3. The van der Waals surface area contributed by atoms with Crippen LogP contribution in [0, 0.1) is 12.7 Å². The molecule has 0 aliphatic carbocycles. The maximum absolute atomic E-state index is 14.9. The molecule has 2 aromatic heterocycles. The summed E-state index contributed by atoms with van der Waals surface area (Å²) >= 11 is 0. The van der Waals surface area contributed by atoms with E-state index in [-0.39, 0.29) is 18.0 Å². The van der Waals surface area contributed by atoms with Crippen LogP contribution in [0.15, 0.2) is 36.5 Å². The lowest BCUT2D eigenvalue weighted by atomic mass is 10.0. The van der Waals surface area contributed by atoms with E-state index in [4.69, 9.17) is 14.7 Å². The minimum atomic E-state index is -0.444. The number of methoxy groups -OCH3 is 1. The van der Waals surface area contributed by atoms with E-state index in [1.807, 2.05) is 13.0 Å². The fraction of sp³-hybridized carbons (Fsp3) is 0.385. The van der Waals surface area contributed by atoms with E-state index >= 15 is 0 Å². The number of carbonyl (C=O) groups is 1. The van der Waals surface area contributed by atoms with E-state index in [0.717, 1.165) is 18.8 Å². The summed E-state index contributed by atoms with van der Waals surface area (Å²) in [5.74, 6) is 0.957. The number of piperazine rings is 1. The summed E-state index contributed by atoms with van der Waals surface area (Å²) in [4.78, 5) is 33.8. The Balaban J connectivity index is 1.36. The van der Waals surface area contributed by atoms with E-state index in [9.17, 15) is 9.18 Å². The van der Waals surface area contributed by atoms with Crippen molar-refractivity contribution >= 4 is 17.7 Å². The summed E-state index contributed by atoms with van der Waals surface area (Å²) in [5, 5.41) is 0. The van der Waals surface area contributed by atoms with Crippen LogP contribution >= 0.6 is 0 Å². The first-order valence-corrected chi connectivity index (χ1v) is 11.9. The Bertz CT molecular complexity index is 1320. The summed E-state index contributed by atoms with van der Waals surface area (Å²) in [6.07, 6.45) is 3.91. The number of halogens is 1. The summed E-state index contributed by atoms with van der Waals surface area (Å²) in [6.45, 7) is 3.93. The van der Waals surface area contributed by atoms with Gasteiger partial charge in [-0.2, -0.15) is 4.98 Å². The average Bonchev–Trinajstić information content (AvgIpc) is 3.27. The number of anilines is 2. The van der Waals surface area contributed by atoms with Crippen LogP contribution in [0.2, 0.25) is 0 Å². The van der Waals surface area contributed by atoms with E-state index in [1.165, 1.54) is 32.2 Å². The molecule has 1 amide bonds. The highest BCUT2D eigenvalue weighted by Gasteiger charge is 2.39. The zero-order chi connectivity index (χ0) is 24.3. The number of nitrogens with zero attached hydrogens (tertiary/aromatic N) is 6. The van der Waals surface area contributed by atoms with Gasteiger partial charge in [0.05, 0.1) is 24.9 Å². The minimum absolute atomic E-state index is 0.179. The van der Waals surface area contributed by atoms with Crippen molar-refractivity contribution in [1.82, 2.24) is 19.9 Å². The van der Waals surface area contributed by atoms with Gasteiger partial charge < -0.3 is 9.64 Å². The molecule has 3 aliphatic heterocycles. The molecule has 8 nitrogen and oxygen atoms in total. The topological polar surface area (TPSA) is 74.7 Å². The zero-order valence-corrected chi connectivity index (χ0v) is 20.0. The highest BCUT2D eigenvalue weighted by Crippen LogP contribution is 2.39. The number of likely N-dealkylation sites (N-methyl/N-ethyl adjacent to an activating group) is 1. The third-order valence-electron chi connectivity index (χ3n) is 7.52. The molecule has 6 rings (SSSR count). The third-order valence-corrected chi connectivity index (χ3v) is 7.52. The summed E-state index contributed by atoms with van der Waals surface area (Å²) in [7, 11) is 3.69. The molecule has 0 radical (unpaired) electrons. The van der Waals surface area contributed by atoms with E-state index in [1.54, 1.807) is 23.1 Å². The number of rotatable bonds is 4. The Morgan fingerprint density at radius 1 is 1.11 bits per heavy atom. The molecule has 0 spiro atoms. The van der Waals surface area contributed by atoms with Gasteiger partial charge in [-0.15, -0.1) is 0 Å². The van der Waals surface area contributed by atoms with Crippen molar-refractivity contribution in [1.29, 1.82) is 0 Å². The molecular weight excluding hydrogens is 447 g/mol. The number of hydrogen-bond acceptors (Lipinski definition) is 7. The van der Waals surface area contributed by atoms with E-state index in [0.29, 0.717) is 46.4 Å². The van der Waals surface area contributed by atoms with Crippen molar-refractivity contribution < 1.29 is 13.9 Å². The second-order valence-corrected chi connectivity index (χ2v) is 9.52. The van der Waals surface area contributed by atoms with Crippen molar-refractivity contribution in [3.63, 3.8) is 0 Å². The fourth-order valence-electron chi connectivity index (χ4n) is 5.63. The number of pyridine rings is 1. The molecule has 2 bridgehead atoms. The van der Waals surface area contributed by atoms with E-state index in [2.05, 4.69) is 21.8 Å². The van der Waals surface area contributed by atoms with Crippen LogP contribution in [0.5, 0.6) is 5.75 Å². The molecule has 2 atom stereocenters. The molecule has 0 saturated carbocycles. The SMILES string of the molecule is COc1cccc(F)c1-c1nccc2c1CN(c1cc(C)nc(N3CC4CCC(C3)N4C)n1)C2=O. The second kappa shape index (κ2) is 8.27. The summed E-state index contributed by atoms with van der Waals surface area (Å²) in [5.41, 5.74) is 2.63. The minimum Gasteiger partial charge on any atom is -0.496 e. The lowest BCUT2D eigenvalue weighted by molar-refractivity contribution is 0.0996. The molecular formula is C26H27FN6O2. The monoisotopic (exact) mass is 474 g/mol. The summed E-state index contributed by atoms with van der Waals surface area (Å²) < 4.78 is 20.3. The maximum atomic E-state index is 14.9. The molecule has 2 fully saturated rings. The van der Waals surface area contributed by atoms with Crippen LogP contribution in [0.25, 0.3) is 11.3 Å². The smallest absolute Gasteiger partial charge is 0.260 e. The highest BCUT2D eigenvalue weighted by molar-refractivity contribution is 6.10. The van der Waals surface area contributed by atoms with Crippen LogP contribution in [0.1, 0.15) is 34.5 Å². The van der Waals surface area contributed by atoms with Gasteiger partial charge in [0, 0.05) is 54.3 Å². The van der Waals surface area contributed by atoms with Gasteiger partial charge in [0.1, 0.15) is 17.4 Å². The van der Waals surface area contributed by atoms with Crippen molar-refractivity contribution in [2.24, 2.45) is 0 Å². The molecule has 2 saturated heterocycles. The molecule has 0 N–H and O–H groups in total. The molecule has 3 aliphatic rings. The van der Waals surface area contributed by atoms with Gasteiger partial charge in [-0.25, -0.2) is 9.37 Å². The van der Waals surface area contributed by atoms with Gasteiger partial charge in [-0.3, -0.25) is 19.6 Å². The van der Waals surface area contributed by atoms with E-state index < -0.39 is 5.82 Å². The Labute approximate surface area is 203 Å². The predicted molar refractivity (Wildman–Crippen MR) is 130 cm³/mol. The summed E-state index contributed by atoms with van der Waals surface area (Å²) in [6, 6.07) is 9.17. The number of aromatic nitrogens is 3. The first kappa shape index (κ1) is 21.9. The van der Waals surface area contributed by atoms with Crippen molar-refractivity contribution in [2.45, 2.75) is 38.4 Å². The number of ether oxygens (including phenoxy) is 1. The Hall–Kier alpha value is -3.59. The first-order valence-electron chi connectivity index (χ1n) is 11.9. The second-order valence-electron chi connectivity index (χ2n) is 9.52. The number of carbonyl (C=O) groups excluding carboxylic acids is 1. The fourth-order valence-corrected chi connectivity index (χ4v) is 5.63. The van der Waals surface area contributed by atoms with Crippen molar-refractivity contribution in [2.75, 3.05) is 37.0 Å². The van der Waals surface area contributed by atoms with Gasteiger partial charge in [0.15, 0.2) is 0 Å². The zero-order valence-electron chi connectivity index (χ0n) is 20.0. The number of aryl methyl sites for hydroxylation is 1. The number of amides is 1. The van der Waals surface area contributed by atoms with Gasteiger partial charge in [0.2, 0.25) is 5.95 Å². The first-order chi connectivity index (χ1) is 16.9.